The summed E-state index contributed by atoms with van der Waals surface area (Å²) in [4.78, 5) is 3.34. The van der Waals surface area contributed by atoms with E-state index in [9.17, 15) is 13.2 Å². The number of imidazole rings is 1. The monoisotopic (exact) mass is 221 g/mol. The molecule has 14 heavy (non-hydrogen) atoms. The summed E-state index contributed by atoms with van der Waals surface area (Å²) >= 11 is 5.50. The Labute approximate surface area is 81.1 Å². The largest absolute Gasteiger partial charge is 0.434 e. The minimum absolute atomic E-state index is 0.113. The van der Waals surface area contributed by atoms with Crippen molar-refractivity contribution in [1.82, 2.24) is 14.6 Å². The number of alkyl halides is 3. The first kappa shape index (κ1) is 9.26. The average molecular weight is 222 g/mol. The Bertz CT molecular complexity index is 476. The Morgan fingerprint density at radius 1 is 1.29 bits per heavy atom. The summed E-state index contributed by atoms with van der Waals surface area (Å²) in [5, 5.41) is 3.74. The van der Waals surface area contributed by atoms with Gasteiger partial charge in [-0.15, -0.1) is 0 Å². The Balaban J connectivity index is 2.63. The number of nitrogens with zero attached hydrogens (tertiary/aromatic N) is 3. The van der Waals surface area contributed by atoms with Crippen LogP contribution in [0.1, 0.15) is 5.69 Å². The SMILES string of the molecule is FC(F)(F)c1cn2nc(Cl)ccc2n1. The van der Waals surface area contributed by atoms with Gasteiger partial charge in [0.05, 0.1) is 6.20 Å². The highest BCUT2D eigenvalue weighted by Crippen LogP contribution is 2.28. The van der Waals surface area contributed by atoms with Crippen LogP contribution in [0.3, 0.4) is 0 Å². The van der Waals surface area contributed by atoms with Crippen LogP contribution in [-0.4, -0.2) is 14.6 Å². The molecule has 2 rings (SSSR count). The van der Waals surface area contributed by atoms with Crippen LogP contribution < -0.4 is 0 Å². The summed E-state index contributed by atoms with van der Waals surface area (Å²) < 4.78 is 37.6. The Morgan fingerprint density at radius 2 is 2.00 bits per heavy atom. The van der Waals surface area contributed by atoms with Crippen LogP contribution in [0.2, 0.25) is 5.15 Å². The molecule has 0 bridgehead atoms. The summed E-state index contributed by atoms with van der Waals surface area (Å²) in [7, 11) is 0. The summed E-state index contributed by atoms with van der Waals surface area (Å²) in [6.07, 6.45) is -3.67. The molecule has 0 fully saturated rings. The molecule has 0 aliphatic heterocycles. The van der Waals surface area contributed by atoms with E-state index in [4.69, 9.17) is 11.6 Å². The van der Waals surface area contributed by atoms with Gasteiger partial charge in [-0.1, -0.05) is 11.6 Å². The molecule has 7 heteroatoms. The molecule has 0 saturated carbocycles. The molecule has 0 unspecified atom stereocenters. The zero-order valence-electron chi connectivity index (χ0n) is 6.59. The van der Waals surface area contributed by atoms with Crippen LogP contribution in [0.5, 0.6) is 0 Å². The third-order valence-electron chi connectivity index (χ3n) is 1.58. The fraction of sp³-hybridized carbons (Fsp3) is 0.143. The first-order chi connectivity index (χ1) is 6.47. The molecule has 2 aromatic rings. The van der Waals surface area contributed by atoms with E-state index in [0.717, 1.165) is 10.7 Å². The van der Waals surface area contributed by atoms with Crippen molar-refractivity contribution in [2.75, 3.05) is 0 Å². The lowest BCUT2D eigenvalue weighted by Gasteiger charge is -1.98. The van der Waals surface area contributed by atoms with Gasteiger partial charge in [-0.05, 0) is 12.1 Å². The zero-order valence-corrected chi connectivity index (χ0v) is 7.34. The number of hydrogen-bond donors (Lipinski definition) is 0. The predicted molar refractivity (Wildman–Crippen MR) is 43.0 cm³/mol. The molecular formula is C7H3ClF3N3. The number of halogens is 4. The molecule has 2 aromatic heterocycles. The van der Waals surface area contributed by atoms with Crippen molar-refractivity contribution in [3.63, 3.8) is 0 Å². The fourth-order valence-electron chi connectivity index (χ4n) is 0.995. The predicted octanol–water partition coefficient (Wildman–Crippen LogP) is 2.40. The van der Waals surface area contributed by atoms with Crippen LogP contribution in [0.25, 0.3) is 5.65 Å². The van der Waals surface area contributed by atoms with Crippen LogP contribution >= 0.6 is 11.6 Å². The molecule has 0 amide bonds. The maximum atomic E-state index is 12.2. The molecule has 0 aliphatic carbocycles. The second kappa shape index (κ2) is 2.84. The van der Waals surface area contributed by atoms with Gasteiger partial charge in [0, 0.05) is 0 Å². The minimum Gasteiger partial charge on any atom is -0.223 e. The second-order valence-electron chi connectivity index (χ2n) is 2.58. The number of hydrogen-bond acceptors (Lipinski definition) is 2. The van der Waals surface area contributed by atoms with Gasteiger partial charge in [-0.2, -0.15) is 18.3 Å². The van der Waals surface area contributed by atoms with Gasteiger partial charge in [0.2, 0.25) is 0 Å². The van der Waals surface area contributed by atoms with Crippen LogP contribution in [0.4, 0.5) is 13.2 Å². The van der Waals surface area contributed by atoms with Crippen molar-refractivity contribution in [3.8, 4) is 0 Å². The van der Waals surface area contributed by atoms with Gasteiger partial charge in [0.1, 0.15) is 5.15 Å². The van der Waals surface area contributed by atoms with E-state index in [0.29, 0.717) is 0 Å². The Kier molecular flexibility index (Phi) is 1.88. The first-order valence-corrected chi connectivity index (χ1v) is 3.94. The number of aromatic nitrogens is 3. The molecule has 0 radical (unpaired) electrons. The van der Waals surface area contributed by atoms with E-state index in [-0.39, 0.29) is 10.8 Å². The number of fused-ring (bicyclic) bond motifs is 1. The fourth-order valence-corrected chi connectivity index (χ4v) is 1.14. The molecule has 74 valence electrons. The Morgan fingerprint density at radius 3 is 2.64 bits per heavy atom. The van der Waals surface area contributed by atoms with Crippen molar-refractivity contribution in [3.05, 3.63) is 29.2 Å². The van der Waals surface area contributed by atoms with Gasteiger partial charge < -0.3 is 0 Å². The molecule has 0 aliphatic rings. The average Bonchev–Trinajstić information content (AvgIpc) is 2.45. The highest BCUT2D eigenvalue weighted by molar-refractivity contribution is 6.29. The third kappa shape index (κ3) is 1.52. The highest BCUT2D eigenvalue weighted by Gasteiger charge is 2.34. The standard InChI is InChI=1S/C7H3ClF3N3/c8-5-1-2-6-12-4(7(9,10)11)3-14(6)13-5/h1-3H. The van der Waals surface area contributed by atoms with E-state index in [1.807, 2.05) is 0 Å². The van der Waals surface area contributed by atoms with Gasteiger partial charge in [0.25, 0.3) is 0 Å². The van der Waals surface area contributed by atoms with E-state index < -0.39 is 11.9 Å². The smallest absolute Gasteiger partial charge is 0.223 e. The molecule has 0 atom stereocenters. The molecule has 0 aromatic carbocycles. The van der Waals surface area contributed by atoms with E-state index >= 15 is 0 Å². The van der Waals surface area contributed by atoms with E-state index in [2.05, 4.69) is 10.1 Å². The van der Waals surface area contributed by atoms with Crippen LogP contribution in [0, 0.1) is 0 Å². The summed E-state index contributed by atoms with van der Waals surface area (Å²) in [6, 6.07) is 2.74. The lowest BCUT2D eigenvalue weighted by atomic mass is 10.5. The third-order valence-corrected chi connectivity index (χ3v) is 1.78. The van der Waals surface area contributed by atoms with E-state index in [1.165, 1.54) is 12.1 Å². The zero-order chi connectivity index (χ0) is 10.3. The quantitative estimate of drug-likeness (QED) is 0.684. The molecule has 3 nitrogen and oxygen atoms in total. The lowest BCUT2D eigenvalue weighted by Crippen LogP contribution is -2.04. The van der Waals surface area contributed by atoms with Crippen molar-refractivity contribution in [1.29, 1.82) is 0 Å². The number of rotatable bonds is 0. The van der Waals surface area contributed by atoms with Crippen LogP contribution in [0.15, 0.2) is 18.3 Å². The van der Waals surface area contributed by atoms with Gasteiger partial charge >= 0.3 is 6.18 Å². The van der Waals surface area contributed by atoms with Gasteiger partial charge in [-0.3, -0.25) is 0 Å². The maximum absolute atomic E-state index is 12.2. The minimum atomic E-state index is -4.46. The molecule has 0 saturated heterocycles. The molecule has 0 N–H and O–H groups in total. The molecule has 2 heterocycles. The van der Waals surface area contributed by atoms with Gasteiger partial charge in [-0.25, -0.2) is 9.50 Å². The molecule has 0 spiro atoms. The summed E-state index contributed by atoms with van der Waals surface area (Å²) in [6.45, 7) is 0. The first-order valence-electron chi connectivity index (χ1n) is 3.56. The normalized spacial score (nSPS) is 12.3. The van der Waals surface area contributed by atoms with Crippen LogP contribution in [-0.2, 0) is 6.18 Å². The maximum Gasteiger partial charge on any atom is 0.434 e. The summed E-state index contributed by atoms with van der Waals surface area (Å²) in [5.41, 5.74) is -0.867. The van der Waals surface area contributed by atoms with Crippen molar-refractivity contribution in [2.45, 2.75) is 6.18 Å². The van der Waals surface area contributed by atoms with E-state index in [1.54, 1.807) is 0 Å². The van der Waals surface area contributed by atoms with Crippen molar-refractivity contribution < 1.29 is 13.2 Å². The molecular weight excluding hydrogens is 219 g/mol. The van der Waals surface area contributed by atoms with Crippen molar-refractivity contribution in [2.24, 2.45) is 0 Å². The summed E-state index contributed by atoms with van der Waals surface area (Å²) in [5.74, 6) is 0. The highest BCUT2D eigenvalue weighted by atomic mass is 35.5. The van der Waals surface area contributed by atoms with Gasteiger partial charge in [0.15, 0.2) is 11.3 Å². The van der Waals surface area contributed by atoms with Crippen molar-refractivity contribution >= 4 is 17.2 Å². The second-order valence-corrected chi connectivity index (χ2v) is 2.97. The topological polar surface area (TPSA) is 30.2 Å². The Hall–Kier alpha value is -1.30. The lowest BCUT2D eigenvalue weighted by molar-refractivity contribution is -0.140.